The van der Waals surface area contributed by atoms with Crippen LogP contribution in [0.4, 0.5) is 17.1 Å². The van der Waals surface area contributed by atoms with Gasteiger partial charge in [-0.25, -0.2) is 0 Å². The standard InChI is InChI=1S/C22H18ClN3O/c1-15-6-5-9-18(14-15)25-24-17-10-12-19(13-11-17)26-21(20(23)22(26)27)16-7-3-2-4-8-16/h2-14,20-21H,1H3. The van der Waals surface area contributed by atoms with Gasteiger partial charge in [-0.1, -0.05) is 42.5 Å². The molecular formula is C22H18ClN3O. The zero-order chi connectivity index (χ0) is 18.8. The number of alkyl halides is 1. The largest absolute Gasteiger partial charge is 0.302 e. The summed E-state index contributed by atoms with van der Waals surface area (Å²) in [5.74, 6) is -0.0837. The van der Waals surface area contributed by atoms with Crippen molar-refractivity contribution in [3.05, 3.63) is 90.0 Å². The Balaban J connectivity index is 1.54. The van der Waals surface area contributed by atoms with E-state index in [0.29, 0.717) is 0 Å². The van der Waals surface area contributed by atoms with Crippen LogP contribution in [-0.4, -0.2) is 11.3 Å². The number of hydrogen-bond donors (Lipinski definition) is 0. The van der Waals surface area contributed by atoms with Crippen LogP contribution >= 0.6 is 11.6 Å². The zero-order valence-electron chi connectivity index (χ0n) is 14.8. The number of aryl methyl sites for hydroxylation is 1. The summed E-state index contributed by atoms with van der Waals surface area (Å²) in [6.45, 7) is 2.02. The average molecular weight is 376 g/mol. The third-order valence-corrected chi connectivity index (χ3v) is 5.01. The number of anilines is 1. The van der Waals surface area contributed by atoms with Crippen molar-refractivity contribution in [2.24, 2.45) is 10.2 Å². The maximum Gasteiger partial charge on any atom is 0.248 e. The fourth-order valence-corrected chi connectivity index (χ4v) is 3.56. The van der Waals surface area contributed by atoms with Crippen molar-refractivity contribution >= 4 is 34.6 Å². The molecule has 4 nitrogen and oxygen atoms in total. The fraction of sp³-hybridized carbons (Fsp3) is 0.136. The first-order chi connectivity index (χ1) is 13.1. The molecule has 3 aromatic carbocycles. The molecule has 0 spiro atoms. The quantitative estimate of drug-likeness (QED) is 0.308. The van der Waals surface area contributed by atoms with Crippen molar-refractivity contribution in [1.29, 1.82) is 0 Å². The van der Waals surface area contributed by atoms with Gasteiger partial charge in [0.15, 0.2) is 0 Å². The number of azo groups is 1. The van der Waals surface area contributed by atoms with E-state index in [-0.39, 0.29) is 11.9 Å². The second-order valence-corrected chi connectivity index (χ2v) is 6.99. The van der Waals surface area contributed by atoms with Gasteiger partial charge in [0, 0.05) is 5.69 Å². The molecule has 1 aliphatic heterocycles. The van der Waals surface area contributed by atoms with E-state index in [1.54, 1.807) is 4.90 Å². The van der Waals surface area contributed by atoms with E-state index >= 15 is 0 Å². The predicted octanol–water partition coefficient (Wildman–Crippen LogP) is 6.11. The molecule has 5 heteroatoms. The van der Waals surface area contributed by atoms with Gasteiger partial charge in [0.05, 0.1) is 17.4 Å². The summed E-state index contributed by atoms with van der Waals surface area (Å²) in [5, 5.41) is 7.99. The minimum atomic E-state index is -0.534. The van der Waals surface area contributed by atoms with Crippen molar-refractivity contribution in [3.8, 4) is 0 Å². The van der Waals surface area contributed by atoms with Gasteiger partial charge in [-0.3, -0.25) is 4.79 Å². The first-order valence-electron chi connectivity index (χ1n) is 8.74. The smallest absolute Gasteiger partial charge is 0.248 e. The lowest BCUT2D eigenvalue weighted by molar-refractivity contribution is -0.123. The molecule has 1 fully saturated rings. The lowest BCUT2D eigenvalue weighted by Crippen LogP contribution is -2.56. The van der Waals surface area contributed by atoms with Crippen LogP contribution in [0.1, 0.15) is 17.2 Å². The SMILES string of the molecule is Cc1cccc(N=Nc2ccc(N3C(=O)C(Cl)C3c3ccccc3)cc2)c1. The number of hydrogen-bond acceptors (Lipinski definition) is 3. The van der Waals surface area contributed by atoms with Crippen LogP contribution in [0.15, 0.2) is 89.1 Å². The highest BCUT2D eigenvalue weighted by Crippen LogP contribution is 2.42. The molecule has 27 heavy (non-hydrogen) atoms. The lowest BCUT2D eigenvalue weighted by atomic mass is 9.92. The summed E-state index contributed by atoms with van der Waals surface area (Å²) >= 11 is 6.28. The van der Waals surface area contributed by atoms with Crippen molar-refractivity contribution in [3.63, 3.8) is 0 Å². The Labute approximate surface area is 163 Å². The molecule has 1 heterocycles. The second kappa shape index (κ2) is 7.33. The first-order valence-corrected chi connectivity index (χ1v) is 9.18. The Bertz CT molecular complexity index is 986. The number of halogens is 1. The van der Waals surface area contributed by atoms with Crippen molar-refractivity contribution in [2.45, 2.75) is 18.3 Å². The van der Waals surface area contributed by atoms with Crippen LogP contribution in [0.25, 0.3) is 0 Å². The molecule has 2 unspecified atom stereocenters. The Morgan fingerprint density at radius 1 is 0.852 bits per heavy atom. The van der Waals surface area contributed by atoms with E-state index in [1.807, 2.05) is 85.8 Å². The van der Waals surface area contributed by atoms with Gasteiger partial charge in [-0.15, -0.1) is 11.6 Å². The van der Waals surface area contributed by atoms with Crippen LogP contribution in [0.2, 0.25) is 0 Å². The Kier molecular flexibility index (Phi) is 4.73. The molecular weight excluding hydrogens is 358 g/mol. The van der Waals surface area contributed by atoms with E-state index in [2.05, 4.69) is 10.2 Å². The van der Waals surface area contributed by atoms with Crippen LogP contribution in [0.3, 0.4) is 0 Å². The first kappa shape index (κ1) is 17.4. The summed E-state index contributed by atoms with van der Waals surface area (Å²) in [7, 11) is 0. The van der Waals surface area contributed by atoms with E-state index < -0.39 is 5.38 Å². The zero-order valence-corrected chi connectivity index (χ0v) is 15.5. The van der Waals surface area contributed by atoms with Gasteiger partial charge in [-0.05, 0) is 54.4 Å². The number of amides is 1. The van der Waals surface area contributed by atoms with Crippen molar-refractivity contribution < 1.29 is 4.79 Å². The number of nitrogens with zero attached hydrogens (tertiary/aromatic N) is 3. The molecule has 0 bridgehead atoms. The number of carbonyl (C=O) groups is 1. The number of carbonyl (C=O) groups excluding carboxylic acids is 1. The summed E-state index contributed by atoms with van der Waals surface area (Å²) in [6, 6.07) is 25.0. The normalized spacial score (nSPS) is 19.3. The molecule has 0 aliphatic carbocycles. The Morgan fingerprint density at radius 3 is 2.26 bits per heavy atom. The minimum Gasteiger partial charge on any atom is -0.302 e. The highest BCUT2D eigenvalue weighted by atomic mass is 35.5. The van der Waals surface area contributed by atoms with E-state index in [9.17, 15) is 4.79 Å². The molecule has 1 amide bonds. The molecule has 0 N–H and O–H groups in total. The second-order valence-electron chi connectivity index (χ2n) is 6.52. The Morgan fingerprint density at radius 2 is 1.56 bits per heavy atom. The topological polar surface area (TPSA) is 45.0 Å². The Hall–Kier alpha value is -2.98. The van der Waals surface area contributed by atoms with Crippen molar-refractivity contribution in [2.75, 3.05) is 4.90 Å². The van der Waals surface area contributed by atoms with Gasteiger partial charge >= 0.3 is 0 Å². The highest BCUT2D eigenvalue weighted by molar-refractivity contribution is 6.37. The maximum absolute atomic E-state index is 12.3. The molecule has 4 rings (SSSR count). The van der Waals surface area contributed by atoms with Gasteiger partial charge in [0.1, 0.15) is 5.38 Å². The molecule has 0 aromatic heterocycles. The van der Waals surface area contributed by atoms with Crippen LogP contribution in [0, 0.1) is 6.92 Å². The van der Waals surface area contributed by atoms with Gasteiger partial charge in [0.2, 0.25) is 5.91 Å². The van der Waals surface area contributed by atoms with Gasteiger partial charge < -0.3 is 4.90 Å². The molecule has 1 saturated heterocycles. The van der Waals surface area contributed by atoms with E-state index in [1.165, 1.54) is 0 Å². The number of benzene rings is 3. The van der Waals surface area contributed by atoms with Crippen LogP contribution in [-0.2, 0) is 4.79 Å². The molecule has 2 atom stereocenters. The third-order valence-electron chi connectivity index (χ3n) is 4.58. The fourth-order valence-electron chi connectivity index (χ4n) is 3.20. The molecule has 1 aliphatic rings. The molecule has 3 aromatic rings. The molecule has 0 saturated carbocycles. The van der Waals surface area contributed by atoms with E-state index in [4.69, 9.17) is 11.6 Å². The number of β-lactam (4-membered cyclic amide) rings is 1. The van der Waals surface area contributed by atoms with E-state index in [0.717, 1.165) is 28.2 Å². The van der Waals surface area contributed by atoms with Gasteiger partial charge in [0.25, 0.3) is 0 Å². The average Bonchev–Trinajstić information content (AvgIpc) is 2.71. The molecule has 134 valence electrons. The van der Waals surface area contributed by atoms with Crippen LogP contribution in [0.5, 0.6) is 0 Å². The molecule has 0 radical (unpaired) electrons. The lowest BCUT2D eigenvalue weighted by Gasteiger charge is -2.44. The summed E-state index contributed by atoms with van der Waals surface area (Å²) in [4.78, 5) is 14.1. The summed E-state index contributed by atoms with van der Waals surface area (Å²) in [6.07, 6.45) is 0. The maximum atomic E-state index is 12.3. The van der Waals surface area contributed by atoms with Gasteiger partial charge in [-0.2, -0.15) is 10.2 Å². The highest BCUT2D eigenvalue weighted by Gasteiger charge is 2.47. The number of rotatable bonds is 4. The third kappa shape index (κ3) is 3.49. The summed E-state index contributed by atoms with van der Waals surface area (Å²) in [5.41, 5.74) is 4.51. The minimum absolute atomic E-state index is 0.0837. The van der Waals surface area contributed by atoms with Crippen molar-refractivity contribution in [1.82, 2.24) is 0 Å². The van der Waals surface area contributed by atoms with Crippen LogP contribution < -0.4 is 4.90 Å². The monoisotopic (exact) mass is 375 g/mol. The predicted molar refractivity (Wildman–Crippen MR) is 108 cm³/mol. The summed E-state index contributed by atoms with van der Waals surface area (Å²) < 4.78 is 0.